The van der Waals surface area contributed by atoms with Crippen molar-refractivity contribution in [3.05, 3.63) is 216 Å². The molecule has 0 radical (unpaired) electrons. The van der Waals surface area contributed by atoms with E-state index in [4.69, 9.17) is 14.7 Å². The Hall–Kier alpha value is -7.40. The summed E-state index contributed by atoms with van der Waals surface area (Å²) >= 11 is 0. The van der Waals surface area contributed by atoms with Crippen LogP contribution < -0.4 is 4.74 Å². The Morgan fingerprint density at radius 2 is 0.959 bits per heavy atom. The summed E-state index contributed by atoms with van der Waals surface area (Å²) in [6.45, 7) is 17.9. The summed E-state index contributed by atoms with van der Waals surface area (Å²) in [5.74, 6) is 2.66. The van der Waals surface area contributed by atoms with Crippen LogP contribution in [0.5, 0.6) is 11.5 Å². The Balaban J connectivity index is 0.00000611. The van der Waals surface area contributed by atoms with Gasteiger partial charge in [0.25, 0.3) is 0 Å². The van der Waals surface area contributed by atoms with Gasteiger partial charge in [-0.25, -0.2) is 4.39 Å². The van der Waals surface area contributed by atoms with Crippen LogP contribution in [0, 0.1) is 17.9 Å². The largest absolute Gasteiger partial charge is 2.00 e. The van der Waals surface area contributed by atoms with Crippen molar-refractivity contribution in [2.45, 2.75) is 79.1 Å². The first-order valence-corrected chi connectivity index (χ1v) is 25.2. The van der Waals surface area contributed by atoms with Crippen LogP contribution in [0.4, 0.5) is 4.39 Å². The second-order valence-electron chi connectivity index (χ2n) is 20.1. The average molecular weight is 1140 g/mol. The van der Waals surface area contributed by atoms with E-state index in [9.17, 15) is 0 Å². The van der Waals surface area contributed by atoms with Gasteiger partial charge in [0.15, 0.2) is 0 Å². The Bertz CT molecular complexity index is 3750. The first-order chi connectivity index (χ1) is 34.9. The Labute approximate surface area is 442 Å². The normalized spacial score (nSPS) is 11.7. The molecule has 364 valence electrons. The SMILES string of the molecule is CC(C)c1cc(-c2ccccc2)cc(C(C)C)c1-n1c(-c2[c-]c(Oc3[c-]c(-c4nc5cccc(F)c5n4-c4c(C(C)C)cc(-c5ccccc5)cc4C(C)C)c4ccccc4c3)ccc2)nc2ccccc21.[Pt+2]. The second-order valence-corrected chi connectivity index (χ2v) is 20.1. The van der Waals surface area contributed by atoms with Crippen LogP contribution in [0.1, 0.15) is 101 Å². The van der Waals surface area contributed by atoms with Crippen LogP contribution in [0.15, 0.2) is 176 Å². The maximum absolute atomic E-state index is 16.6. The first-order valence-electron chi connectivity index (χ1n) is 25.2. The Morgan fingerprint density at radius 1 is 0.452 bits per heavy atom. The maximum Gasteiger partial charge on any atom is 2.00 e. The van der Waals surface area contributed by atoms with Gasteiger partial charge in [-0.05, 0) is 117 Å². The molecule has 0 aliphatic rings. The van der Waals surface area contributed by atoms with Crippen LogP contribution in [-0.2, 0) is 21.1 Å². The molecular formula is C66H57FN4OPt. The molecule has 0 spiro atoms. The summed E-state index contributed by atoms with van der Waals surface area (Å²) in [5.41, 5.74) is 15.8. The van der Waals surface area contributed by atoms with E-state index in [1.165, 1.54) is 28.3 Å². The zero-order chi connectivity index (χ0) is 49.8. The molecule has 5 nitrogen and oxygen atoms in total. The van der Waals surface area contributed by atoms with Gasteiger partial charge >= 0.3 is 21.1 Å². The van der Waals surface area contributed by atoms with Gasteiger partial charge in [-0.3, -0.25) is 9.97 Å². The van der Waals surface area contributed by atoms with E-state index < -0.39 is 0 Å². The number of rotatable bonds is 12. The molecule has 0 aliphatic heterocycles. The molecule has 0 amide bonds. The van der Waals surface area contributed by atoms with E-state index in [2.05, 4.69) is 187 Å². The zero-order valence-electron chi connectivity index (χ0n) is 42.4. The number of fused-ring (bicyclic) bond motifs is 3. The van der Waals surface area contributed by atoms with E-state index in [1.54, 1.807) is 6.07 Å². The first kappa shape index (κ1) is 49.2. The number of halogens is 1. The molecule has 7 heteroatoms. The molecule has 9 aromatic carbocycles. The summed E-state index contributed by atoms with van der Waals surface area (Å²) in [6, 6.07) is 67.4. The maximum atomic E-state index is 16.6. The van der Waals surface area contributed by atoms with Gasteiger partial charge < -0.3 is 13.9 Å². The summed E-state index contributed by atoms with van der Waals surface area (Å²) < 4.78 is 27.9. The monoisotopic (exact) mass is 1140 g/mol. The molecular weight excluding hydrogens is 1080 g/mol. The minimum Gasteiger partial charge on any atom is -0.497 e. The van der Waals surface area contributed by atoms with Crippen molar-refractivity contribution in [2.75, 3.05) is 0 Å². The molecule has 0 atom stereocenters. The molecule has 2 aromatic heterocycles. The van der Waals surface area contributed by atoms with Gasteiger partial charge in [0.05, 0.1) is 33.7 Å². The van der Waals surface area contributed by atoms with Gasteiger partial charge in [-0.1, -0.05) is 193 Å². The van der Waals surface area contributed by atoms with Crippen molar-refractivity contribution in [2.24, 2.45) is 0 Å². The third-order valence-electron chi connectivity index (χ3n) is 13.9. The van der Waals surface area contributed by atoms with Crippen molar-refractivity contribution in [3.63, 3.8) is 0 Å². The fourth-order valence-electron chi connectivity index (χ4n) is 10.3. The smallest absolute Gasteiger partial charge is 0.497 e. The molecule has 0 saturated heterocycles. The summed E-state index contributed by atoms with van der Waals surface area (Å²) in [6.07, 6.45) is 0. The van der Waals surface area contributed by atoms with E-state index in [-0.39, 0.29) is 50.6 Å². The average Bonchev–Trinajstić information content (AvgIpc) is 3.98. The predicted octanol–water partition coefficient (Wildman–Crippen LogP) is 18.2. The van der Waals surface area contributed by atoms with Crippen molar-refractivity contribution in [1.82, 2.24) is 19.1 Å². The van der Waals surface area contributed by atoms with E-state index >= 15 is 4.39 Å². The van der Waals surface area contributed by atoms with Gasteiger partial charge in [0, 0.05) is 22.9 Å². The molecule has 0 fully saturated rings. The van der Waals surface area contributed by atoms with Crippen LogP contribution in [0.3, 0.4) is 0 Å². The number of imidazole rings is 2. The summed E-state index contributed by atoms with van der Waals surface area (Å²) in [5, 5.41) is 1.86. The molecule has 0 aliphatic carbocycles. The standard InChI is InChI=1S/C66H57FN4O.Pt/c1-40(2)53-35-48(44-21-11-9-12-22-44)36-54(41(3)4)62(53)70-61-32-18-17-30-59(61)68-65(70)47-26-19-27-50(34-47)72-51-33-46-25-15-16-28-52(46)57(39-51)66-69-60-31-20-29-58(67)64(60)71(66)63-55(42(5)6)37-49(38-56(63)43(7)8)45-23-13-10-14-24-45;/h9-33,35-38,40-43H,1-8H3;/q-2;+2. The van der Waals surface area contributed by atoms with Crippen molar-refractivity contribution in [1.29, 1.82) is 0 Å². The zero-order valence-corrected chi connectivity index (χ0v) is 44.7. The topological polar surface area (TPSA) is 44.9 Å². The van der Waals surface area contributed by atoms with Gasteiger partial charge in [-0.15, -0.1) is 23.8 Å². The number of para-hydroxylation sites is 3. The van der Waals surface area contributed by atoms with Crippen molar-refractivity contribution in [3.8, 4) is 67.9 Å². The predicted molar refractivity (Wildman–Crippen MR) is 295 cm³/mol. The molecule has 0 bridgehead atoms. The van der Waals surface area contributed by atoms with Crippen molar-refractivity contribution < 1.29 is 30.2 Å². The van der Waals surface area contributed by atoms with Crippen molar-refractivity contribution >= 4 is 32.8 Å². The van der Waals surface area contributed by atoms with Crippen LogP contribution in [0.2, 0.25) is 0 Å². The number of ether oxygens (including phenoxy) is 1. The van der Waals surface area contributed by atoms with Crippen LogP contribution in [-0.4, -0.2) is 19.1 Å². The Morgan fingerprint density at radius 3 is 1.56 bits per heavy atom. The van der Waals surface area contributed by atoms with Crippen LogP contribution in [0.25, 0.3) is 89.2 Å². The fourth-order valence-corrected chi connectivity index (χ4v) is 10.3. The van der Waals surface area contributed by atoms with E-state index in [1.807, 2.05) is 53.1 Å². The van der Waals surface area contributed by atoms with Crippen LogP contribution >= 0.6 is 0 Å². The molecule has 0 N–H and O–H groups in total. The number of hydrogen-bond acceptors (Lipinski definition) is 3. The van der Waals surface area contributed by atoms with E-state index in [0.717, 1.165) is 66.8 Å². The molecule has 11 rings (SSSR count). The van der Waals surface area contributed by atoms with Gasteiger partial charge in [0.1, 0.15) is 5.82 Å². The number of nitrogens with zero attached hydrogens (tertiary/aromatic N) is 4. The summed E-state index contributed by atoms with van der Waals surface area (Å²) in [7, 11) is 0. The third-order valence-corrected chi connectivity index (χ3v) is 13.9. The molecule has 0 saturated carbocycles. The molecule has 2 heterocycles. The molecule has 0 unspecified atom stereocenters. The quantitative estimate of drug-likeness (QED) is 0.115. The number of hydrogen-bond donors (Lipinski definition) is 0. The fraction of sp³-hybridized carbons (Fsp3) is 0.182. The third kappa shape index (κ3) is 9.12. The molecule has 73 heavy (non-hydrogen) atoms. The Kier molecular flexibility index (Phi) is 13.6. The van der Waals surface area contributed by atoms with E-state index in [0.29, 0.717) is 33.9 Å². The number of aromatic nitrogens is 4. The second kappa shape index (κ2) is 20.2. The minimum atomic E-state index is -0.342. The minimum absolute atomic E-state index is 0. The number of benzene rings is 9. The van der Waals surface area contributed by atoms with Gasteiger partial charge in [-0.2, -0.15) is 0 Å². The molecule has 11 aromatic rings. The van der Waals surface area contributed by atoms with Gasteiger partial charge in [0.2, 0.25) is 0 Å². The summed E-state index contributed by atoms with van der Waals surface area (Å²) in [4.78, 5) is 10.6.